The molecule has 0 aliphatic carbocycles. The van der Waals surface area contributed by atoms with E-state index in [9.17, 15) is 0 Å². The molecule has 0 amide bonds. The number of hydrogen-bond acceptors (Lipinski definition) is 2. The van der Waals surface area contributed by atoms with Crippen molar-refractivity contribution < 1.29 is 0 Å². The zero-order valence-corrected chi connectivity index (χ0v) is 6.90. The molecule has 1 aliphatic rings. The van der Waals surface area contributed by atoms with Crippen LogP contribution in [0.4, 0.5) is 0 Å². The minimum atomic E-state index is 0.538. The van der Waals surface area contributed by atoms with Crippen LogP contribution in [0, 0.1) is 23.2 Å². The molecule has 0 aromatic heterocycles. The fraction of sp³-hybridized carbons (Fsp3) is 0.625. The van der Waals surface area contributed by atoms with Crippen molar-refractivity contribution in [3.05, 3.63) is 11.5 Å². The lowest BCUT2D eigenvalue weighted by Crippen LogP contribution is -2.08. The van der Waals surface area contributed by atoms with Crippen LogP contribution >= 0.6 is 11.8 Å². The smallest absolute Gasteiger partial charge is 0.0624 e. The highest BCUT2D eigenvalue weighted by molar-refractivity contribution is 8.02. The van der Waals surface area contributed by atoms with Gasteiger partial charge in [0, 0.05) is 12.2 Å². The maximum atomic E-state index is 8.42. The Morgan fingerprint density at radius 3 is 3.20 bits per heavy atom. The molecule has 1 aliphatic heterocycles. The van der Waals surface area contributed by atoms with Crippen molar-refractivity contribution in [2.24, 2.45) is 11.8 Å². The highest BCUT2D eigenvalue weighted by Crippen LogP contribution is 2.27. The van der Waals surface area contributed by atoms with Crippen LogP contribution in [0.1, 0.15) is 13.3 Å². The van der Waals surface area contributed by atoms with Crippen LogP contribution in [0.15, 0.2) is 11.5 Å². The van der Waals surface area contributed by atoms with E-state index in [4.69, 9.17) is 5.26 Å². The van der Waals surface area contributed by atoms with Crippen molar-refractivity contribution in [3.63, 3.8) is 0 Å². The van der Waals surface area contributed by atoms with Gasteiger partial charge in [-0.15, -0.1) is 11.8 Å². The van der Waals surface area contributed by atoms with E-state index < -0.39 is 0 Å². The van der Waals surface area contributed by atoms with Gasteiger partial charge in [-0.2, -0.15) is 5.26 Å². The van der Waals surface area contributed by atoms with E-state index in [1.54, 1.807) is 0 Å². The van der Waals surface area contributed by atoms with Gasteiger partial charge in [-0.05, 0) is 17.2 Å². The first-order valence-corrected chi connectivity index (χ1v) is 4.54. The molecule has 0 radical (unpaired) electrons. The molecule has 0 N–H and O–H groups in total. The Morgan fingerprint density at radius 2 is 2.70 bits per heavy atom. The largest absolute Gasteiger partial charge is 0.198 e. The summed E-state index contributed by atoms with van der Waals surface area (Å²) < 4.78 is 0. The van der Waals surface area contributed by atoms with Crippen molar-refractivity contribution in [2.75, 3.05) is 5.75 Å². The van der Waals surface area contributed by atoms with Gasteiger partial charge >= 0.3 is 0 Å². The summed E-state index contributed by atoms with van der Waals surface area (Å²) in [7, 11) is 0. The van der Waals surface area contributed by atoms with E-state index in [1.165, 1.54) is 5.75 Å². The third kappa shape index (κ3) is 1.78. The van der Waals surface area contributed by atoms with Crippen LogP contribution in [0.5, 0.6) is 0 Å². The first-order valence-electron chi connectivity index (χ1n) is 3.50. The minimum Gasteiger partial charge on any atom is -0.198 e. The predicted octanol–water partition coefficient (Wildman–Crippen LogP) is 2.41. The fourth-order valence-electron chi connectivity index (χ4n) is 1.03. The summed E-state index contributed by atoms with van der Waals surface area (Å²) in [6, 6.07) is 2.20. The van der Waals surface area contributed by atoms with Gasteiger partial charge in [0.05, 0.1) is 6.07 Å². The van der Waals surface area contributed by atoms with Gasteiger partial charge in [-0.1, -0.05) is 13.0 Å². The molecule has 0 aromatic carbocycles. The molecule has 1 rings (SSSR count). The van der Waals surface area contributed by atoms with Crippen LogP contribution in [0.25, 0.3) is 0 Å². The lowest BCUT2D eigenvalue weighted by molar-refractivity contribution is 0.480. The van der Waals surface area contributed by atoms with Crippen molar-refractivity contribution in [3.8, 4) is 6.07 Å². The number of thioether (sulfide) groups is 1. The predicted molar refractivity (Wildman–Crippen MR) is 44.5 cm³/mol. The van der Waals surface area contributed by atoms with Crippen LogP contribution in [0.2, 0.25) is 0 Å². The average molecular weight is 153 g/mol. The first-order chi connectivity index (χ1) is 4.84. The zero-order valence-electron chi connectivity index (χ0n) is 6.08. The molecule has 0 fully saturated rings. The molecule has 0 bridgehead atoms. The van der Waals surface area contributed by atoms with Gasteiger partial charge in [0.1, 0.15) is 0 Å². The lowest BCUT2D eigenvalue weighted by Gasteiger charge is -2.12. The van der Waals surface area contributed by atoms with Gasteiger partial charge in [0.15, 0.2) is 0 Å². The Kier molecular flexibility index (Phi) is 2.82. The highest BCUT2D eigenvalue weighted by Gasteiger charge is 2.16. The van der Waals surface area contributed by atoms with Gasteiger partial charge < -0.3 is 0 Å². The van der Waals surface area contributed by atoms with Crippen molar-refractivity contribution in [2.45, 2.75) is 13.3 Å². The van der Waals surface area contributed by atoms with E-state index in [2.05, 4.69) is 24.5 Å². The van der Waals surface area contributed by atoms with Gasteiger partial charge in [-0.3, -0.25) is 0 Å². The van der Waals surface area contributed by atoms with E-state index in [1.807, 2.05) is 11.8 Å². The fourth-order valence-corrected chi connectivity index (χ4v) is 2.11. The van der Waals surface area contributed by atoms with Gasteiger partial charge in [0.25, 0.3) is 0 Å². The van der Waals surface area contributed by atoms with Gasteiger partial charge in [-0.25, -0.2) is 0 Å². The molecule has 2 heteroatoms. The van der Waals surface area contributed by atoms with E-state index in [0.29, 0.717) is 18.3 Å². The summed E-state index contributed by atoms with van der Waals surface area (Å²) in [6.45, 7) is 2.14. The Balaban J connectivity index is 2.34. The van der Waals surface area contributed by atoms with Crippen molar-refractivity contribution >= 4 is 11.8 Å². The molecule has 0 spiro atoms. The van der Waals surface area contributed by atoms with E-state index in [0.717, 1.165) is 0 Å². The highest BCUT2D eigenvalue weighted by atomic mass is 32.2. The molecular weight excluding hydrogens is 142 g/mol. The van der Waals surface area contributed by atoms with Crippen LogP contribution < -0.4 is 0 Å². The third-order valence-electron chi connectivity index (χ3n) is 1.85. The second-order valence-electron chi connectivity index (χ2n) is 2.67. The Bertz CT molecular complexity index is 169. The van der Waals surface area contributed by atoms with Crippen LogP contribution in [-0.4, -0.2) is 5.75 Å². The summed E-state index contributed by atoms with van der Waals surface area (Å²) in [6.07, 6.45) is 2.90. The van der Waals surface area contributed by atoms with Gasteiger partial charge in [0.2, 0.25) is 0 Å². The Hall–Kier alpha value is -0.420. The molecule has 10 heavy (non-hydrogen) atoms. The van der Waals surface area contributed by atoms with Crippen molar-refractivity contribution in [1.82, 2.24) is 0 Å². The number of nitriles is 1. The standard InChI is InChI=1S/C8H11NS/c1-7(2-4-9)8-3-5-10-6-8/h3,5,7-8H,2,6H2,1H3. The quantitative estimate of drug-likeness (QED) is 0.608. The number of allylic oxidation sites excluding steroid dienone is 1. The molecule has 2 unspecified atom stereocenters. The second kappa shape index (κ2) is 3.68. The summed E-state index contributed by atoms with van der Waals surface area (Å²) in [5.74, 6) is 2.35. The third-order valence-corrected chi connectivity index (χ3v) is 2.78. The first kappa shape index (κ1) is 7.68. The average Bonchev–Trinajstić information content (AvgIpc) is 2.38. The molecule has 2 atom stereocenters. The SMILES string of the molecule is CC(CC#N)C1C=CSC1. The summed E-state index contributed by atoms with van der Waals surface area (Å²) >= 11 is 1.85. The Labute approximate surface area is 66.1 Å². The van der Waals surface area contributed by atoms with Crippen LogP contribution in [0.3, 0.4) is 0 Å². The van der Waals surface area contributed by atoms with Crippen LogP contribution in [-0.2, 0) is 0 Å². The topological polar surface area (TPSA) is 23.8 Å². The molecular formula is C8H11NS. The molecule has 54 valence electrons. The Morgan fingerprint density at radius 1 is 1.90 bits per heavy atom. The molecule has 1 heterocycles. The van der Waals surface area contributed by atoms with E-state index in [-0.39, 0.29) is 0 Å². The molecule has 0 saturated heterocycles. The maximum absolute atomic E-state index is 8.42. The number of nitrogens with zero attached hydrogens (tertiary/aromatic N) is 1. The molecule has 0 saturated carbocycles. The summed E-state index contributed by atoms with van der Waals surface area (Å²) in [5, 5.41) is 10.6. The monoisotopic (exact) mass is 153 g/mol. The minimum absolute atomic E-state index is 0.538. The van der Waals surface area contributed by atoms with E-state index >= 15 is 0 Å². The number of rotatable bonds is 2. The summed E-state index contributed by atoms with van der Waals surface area (Å²) in [4.78, 5) is 0. The molecule has 0 aromatic rings. The normalized spacial score (nSPS) is 26.2. The lowest BCUT2D eigenvalue weighted by atomic mass is 9.94. The maximum Gasteiger partial charge on any atom is 0.0624 e. The number of hydrogen-bond donors (Lipinski definition) is 0. The zero-order chi connectivity index (χ0) is 7.40. The summed E-state index contributed by atoms with van der Waals surface area (Å²) in [5.41, 5.74) is 0. The van der Waals surface area contributed by atoms with Crippen molar-refractivity contribution in [1.29, 1.82) is 5.26 Å². The molecule has 1 nitrogen and oxygen atoms in total. The second-order valence-corrected chi connectivity index (χ2v) is 3.60.